The van der Waals surface area contributed by atoms with Crippen LogP contribution in [0.15, 0.2) is 42.7 Å². The molecule has 7 nitrogen and oxygen atoms in total. The van der Waals surface area contributed by atoms with Gasteiger partial charge in [-0.3, -0.25) is 4.79 Å². The molecule has 7 heteroatoms. The van der Waals surface area contributed by atoms with Gasteiger partial charge >= 0.3 is 0 Å². The third-order valence-corrected chi connectivity index (χ3v) is 4.87. The van der Waals surface area contributed by atoms with Gasteiger partial charge in [0.15, 0.2) is 0 Å². The summed E-state index contributed by atoms with van der Waals surface area (Å²) < 4.78 is 1.72. The van der Waals surface area contributed by atoms with Crippen LogP contribution in [0.1, 0.15) is 28.9 Å². The van der Waals surface area contributed by atoms with Crippen LogP contribution in [0.5, 0.6) is 0 Å². The van der Waals surface area contributed by atoms with E-state index in [0.717, 1.165) is 49.6 Å². The van der Waals surface area contributed by atoms with Crippen molar-refractivity contribution in [3.8, 4) is 0 Å². The Labute approximate surface area is 152 Å². The van der Waals surface area contributed by atoms with Gasteiger partial charge in [-0.15, -0.1) is 0 Å². The SMILES string of the molecule is Cc1cc(NCC2CCN(C(=O)c3ccccc3)CC2)n2ncnc2n1. The van der Waals surface area contributed by atoms with E-state index in [1.165, 1.54) is 6.33 Å². The third kappa shape index (κ3) is 3.37. The van der Waals surface area contributed by atoms with Crippen molar-refractivity contribution in [2.75, 3.05) is 25.0 Å². The average Bonchev–Trinajstić information content (AvgIpc) is 3.15. The number of likely N-dealkylation sites (tertiary alicyclic amines) is 1. The molecule has 1 saturated heterocycles. The van der Waals surface area contributed by atoms with Crippen molar-refractivity contribution < 1.29 is 4.79 Å². The number of aryl methyl sites for hydroxylation is 1. The zero-order valence-electron chi connectivity index (χ0n) is 14.8. The smallest absolute Gasteiger partial charge is 0.254 e. The molecular weight excluding hydrogens is 328 g/mol. The quantitative estimate of drug-likeness (QED) is 0.782. The van der Waals surface area contributed by atoms with Gasteiger partial charge < -0.3 is 10.2 Å². The number of amides is 1. The fourth-order valence-corrected chi connectivity index (χ4v) is 3.41. The van der Waals surface area contributed by atoms with Crippen molar-refractivity contribution in [1.82, 2.24) is 24.5 Å². The predicted octanol–water partition coefficient (Wildman–Crippen LogP) is 2.40. The number of benzene rings is 1. The van der Waals surface area contributed by atoms with Crippen LogP contribution in [0.2, 0.25) is 0 Å². The summed E-state index contributed by atoms with van der Waals surface area (Å²) in [6.07, 6.45) is 3.51. The number of carbonyl (C=O) groups is 1. The molecule has 134 valence electrons. The molecule has 0 saturated carbocycles. The van der Waals surface area contributed by atoms with Gasteiger partial charge in [-0.25, -0.2) is 4.98 Å². The summed E-state index contributed by atoms with van der Waals surface area (Å²) in [5, 5.41) is 7.70. The van der Waals surface area contributed by atoms with Crippen molar-refractivity contribution in [2.24, 2.45) is 5.92 Å². The first-order chi connectivity index (χ1) is 12.7. The first-order valence-corrected chi connectivity index (χ1v) is 8.96. The summed E-state index contributed by atoms with van der Waals surface area (Å²) in [4.78, 5) is 23.0. The van der Waals surface area contributed by atoms with Crippen LogP contribution >= 0.6 is 0 Å². The second-order valence-electron chi connectivity index (χ2n) is 6.74. The highest BCUT2D eigenvalue weighted by molar-refractivity contribution is 5.94. The number of piperidine rings is 1. The average molecular weight is 350 g/mol. The van der Waals surface area contributed by atoms with Crippen LogP contribution in [0, 0.1) is 12.8 Å². The van der Waals surface area contributed by atoms with Crippen molar-refractivity contribution in [3.63, 3.8) is 0 Å². The molecule has 1 amide bonds. The molecule has 0 unspecified atom stereocenters. The number of aromatic nitrogens is 4. The maximum atomic E-state index is 12.5. The minimum Gasteiger partial charge on any atom is -0.370 e. The highest BCUT2D eigenvalue weighted by Crippen LogP contribution is 2.20. The van der Waals surface area contributed by atoms with Crippen molar-refractivity contribution in [3.05, 3.63) is 54.0 Å². The van der Waals surface area contributed by atoms with Crippen LogP contribution in [0.4, 0.5) is 5.82 Å². The third-order valence-electron chi connectivity index (χ3n) is 4.87. The number of anilines is 1. The van der Waals surface area contributed by atoms with Crippen LogP contribution in [-0.4, -0.2) is 50.0 Å². The molecule has 1 aliphatic heterocycles. The molecule has 26 heavy (non-hydrogen) atoms. The summed E-state index contributed by atoms with van der Waals surface area (Å²) in [6.45, 7) is 4.40. The lowest BCUT2D eigenvalue weighted by Crippen LogP contribution is -2.40. The summed E-state index contributed by atoms with van der Waals surface area (Å²) in [5.41, 5.74) is 1.68. The minimum atomic E-state index is 0.131. The first kappa shape index (κ1) is 16.5. The van der Waals surface area contributed by atoms with E-state index in [4.69, 9.17) is 0 Å². The molecule has 3 heterocycles. The number of nitrogens with zero attached hydrogens (tertiary/aromatic N) is 5. The number of fused-ring (bicyclic) bond motifs is 1. The summed E-state index contributed by atoms with van der Waals surface area (Å²) >= 11 is 0. The Balaban J connectivity index is 1.34. The lowest BCUT2D eigenvalue weighted by Gasteiger charge is -2.32. The Bertz CT molecular complexity index is 899. The Morgan fingerprint density at radius 1 is 1.23 bits per heavy atom. The van der Waals surface area contributed by atoms with Gasteiger partial charge in [-0.2, -0.15) is 14.6 Å². The van der Waals surface area contributed by atoms with Gasteiger partial charge in [0.25, 0.3) is 11.7 Å². The van der Waals surface area contributed by atoms with E-state index in [1.54, 1.807) is 4.52 Å². The monoisotopic (exact) mass is 350 g/mol. The fourth-order valence-electron chi connectivity index (χ4n) is 3.41. The van der Waals surface area contributed by atoms with Gasteiger partial charge in [0.1, 0.15) is 12.1 Å². The summed E-state index contributed by atoms with van der Waals surface area (Å²) in [6, 6.07) is 11.5. The van der Waals surface area contributed by atoms with E-state index in [-0.39, 0.29) is 5.91 Å². The molecule has 0 radical (unpaired) electrons. The van der Waals surface area contributed by atoms with Crippen molar-refractivity contribution >= 4 is 17.5 Å². The molecule has 0 atom stereocenters. The zero-order valence-corrected chi connectivity index (χ0v) is 14.8. The number of hydrogen-bond acceptors (Lipinski definition) is 5. The maximum Gasteiger partial charge on any atom is 0.254 e. The van der Waals surface area contributed by atoms with Gasteiger partial charge in [0.2, 0.25) is 0 Å². The maximum absolute atomic E-state index is 12.5. The van der Waals surface area contributed by atoms with Gasteiger partial charge in [-0.1, -0.05) is 18.2 Å². The molecule has 1 fully saturated rings. The molecule has 0 aliphatic carbocycles. The van der Waals surface area contributed by atoms with Crippen LogP contribution in [0.25, 0.3) is 5.78 Å². The van der Waals surface area contributed by atoms with E-state index in [9.17, 15) is 4.79 Å². The van der Waals surface area contributed by atoms with Crippen LogP contribution in [-0.2, 0) is 0 Å². The molecule has 3 aromatic rings. The second kappa shape index (κ2) is 7.11. The highest BCUT2D eigenvalue weighted by Gasteiger charge is 2.23. The Morgan fingerprint density at radius 2 is 2.00 bits per heavy atom. The van der Waals surface area contributed by atoms with Crippen LogP contribution < -0.4 is 5.32 Å². The number of nitrogens with one attached hydrogen (secondary N) is 1. The Hall–Kier alpha value is -2.96. The highest BCUT2D eigenvalue weighted by atomic mass is 16.2. The molecule has 1 aromatic carbocycles. The zero-order chi connectivity index (χ0) is 17.9. The molecule has 1 N–H and O–H groups in total. The summed E-state index contributed by atoms with van der Waals surface area (Å²) in [5.74, 6) is 2.18. The number of hydrogen-bond donors (Lipinski definition) is 1. The van der Waals surface area contributed by atoms with E-state index >= 15 is 0 Å². The Kier molecular flexibility index (Phi) is 4.51. The fraction of sp³-hybridized carbons (Fsp3) is 0.368. The molecule has 0 bridgehead atoms. The normalized spacial score (nSPS) is 15.3. The van der Waals surface area contributed by atoms with Crippen molar-refractivity contribution in [2.45, 2.75) is 19.8 Å². The predicted molar refractivity (Wildman–Crippen MR) is 99.1 cm³/mol. The molecule has 4 rings (SSSR count). The van der Waals surface area contributed by atoms with Crippen molar-refractivity contribution in [1.29, 1.82) is 0 Å². The molecular formula is C19H22N6O. The van der Waals surface area contributed by atoms with Crippen LogP contribution in [0.3, 0.4) is 0 Å². The van der Waals surface area contributed by atoms with Gasteiger partial charge in [0, 0.05) is 37.0 Å². The molecule has 2 aromatic heterocycles. The molecule has 0 spiro atoms. The van der Waals surface area contributed by atoms with Gasteiger partial charge in [0.05, 0.1) is 0 Å². The van der Waals surface area contributed by atoms with E-state index in [1.807, 2.05) is 48.2 Å². The first-order valence-electron chi connectivity index (χ1n) is 8.96. The Morgan fingerprint density at radius 3 is 2.77 bits per heavy atom. The molecule has 1 aliphatic rings. The second-order valence-corrected chi connectivity index (χ2v) is 6.74. The topological polar surface area (TPSA) is 75.4 Å². The minimum absolute atomic E-state index is 0.131. The van der Waals surface area contributed by atoms with E-state index in [0.29, 0.717) is 11.7 Å². The lowest BCUT2D eigenvalue weighted by atomic mass is 9.96. The number of rotatable bonds is 4. The largest absolute Gasteiger partial charge is 0.370 e. The summed E-state index contributed by atoms with van der Waals surface area (Å²) in [7, 11) is 0. The number of carbonyl (C=O) groups excluding carboxylic acids is 1. The van der Waals surface area contributed by atoms with E-state index < -0.39 is 0 Å². The van der Waals surface area contributed by atoms with Gasteiger partial charge in [-0.05, 0) is 37.8 Å². The standard InChI is InChI=1S/C19H22N6O/c1-14-11-17(25-19(23-14)21-13-22-25)20-12-15-7-9-24(10-8-15)18(26)16-5-3-2-4-6-16/h2-6,11,13,15,20H,7-10,12H2,1H3. The van der Waals surface area contributed by atoms with E-state index in [2.05, 4.69) is 20.4 Å². The lowest BCUT2D eigenvalue weighted by molar-refractivity contribution is 0.0695.